The second-order valence-corrected chi connectivity index (χ2v) is 4.73. The van der Waals surface area contributed by atoms with E-state index in [4.69, 9.17) is 0 Å². The molecule has 0 bridgehead atoms. The summed E-state index contributed by atoms with van der Waals surface area (Å²) < 4.78 is 0. The van der Waals surface area contributed by atoms with Crippen LogP contribution in [-0.2, 0) is 0 Å². The number of carbonyl (C=O) groups excluding carboxylic acids is 1. The number of rotatable bonds is 3. The Kier molecular flexibility index (Phi) is 3.07. The molecule has 1 amide bonds. The monoisotopic (exact) mass is 270 g/mol. The third-order valence-corrected chi connectivity index (χ3v) is 3.52. The smallest absolute Gasteiger partial charge is 0.268 e. The Balaban J connectivity index is 1.90. The van der Waals surface area contributed by atoms with Gasteiger partial charge in [0, 0.05) is 5.56 Å². The Hall–Kier alpha value is -2.47. The molecular weight excluding hydrogens is 260 g/mol. The third kappa shape index (κ3) is 2.38. The number of aromatic amines is 1. The zero-order chi connectivity index (χ0) is 13.1. The molecule has 3 aromatic rings. The van der Waals surface area contributed by atoms with Crippen molar-refractivity contribution < 1.29 is 4.79 Å². The van der Waals surface area contributed by atoms with Crippen LogP contribution in [0.1, 0.15) is 9.67 Å². The fourth-order valence-electron chi connectivity index (χ4n) is 1.76. The number of hydrogen-bond donors (Lipinski definition) is 2. The second-order valence-electron chi connectivity index (χ2n) is 3.82. The van der Waals surface area contributed by atoms with Crippen molar-refractivity contribution in [3.8, 4) is 11.1 Å². The van der Waals surface area contributed by atoms with E-state index in [1.807, 2.05) is 41.8 Å². The average Bonchev–Trinajstić information content (AvgIpc) is 3.10. The highest BCUT2D eigenvalue weighted by molar-refractivity contribution is 7.12. The van der Waals surface area contributed by atoms with Gasteiger partial charge in [-0.1, -0.05) is 30.3 Å². The van der Waals surface area contributed by atoms with Crippen LogP contribution in [0.2, 0.25) is 0 Å². The highest BCUT2D eigenvalue weighted by atomic mass is 32.1. The van der Waals surface area contributed by atoms with Crippen LogP contribution >= 0.6 is 11.3 Å². The number of nitrogens with zero attached hydrogens (tertiary/aromatic N) is 2. The maximum atomic E-state index is 12.2. The molecule has 0 atom stereocenters. The number of amides is 1. The standard InChI is InChI=1S/C13H10N4OS/c18-12(16-13-14-8-15-17-13)11-10(6-7-19-11)9-4-2-1-3-5-9/h1-8H,(H2,14,15,16,17,18). The third-order valence-electron chi connectivity index (χ3n) is 2.60. The molecule has 0 aliphatic heterocycles. The molecule has 19 heavy (non-hydrogen) atoms. The predicted molar refractivity (Wildman–Crippen MR) is 74.1 cm³/mol. The summed E-state index contributed by atoms with van der Waals surface area (Å²) in [7, 11) is 0. The molecule has 1 aromatic carbocycles. The van der Waals surface area contributed by atoms with E-state index in [1.54, 1.807) is 0 Å². The summed E-state index contributed by atoms with van der Waals surface area (Å²) in [5.41, 5.74) is 1.94. The number of anilines is 1. The van der Waals surface area contributed by atoms with E-state index >= 15 is 0 Å². The van der Waals surface area contributed by atoms with E-state index in [2.05, 4.69) is 20.5 Å². The first kappa shape index (κ1) is 11.6. The van der Waals surface area contributed by atoms with Crippen molar-refractivity contribution in [3.05, 3.63) is 53.0 Å². The van der Waals surface area contributed by atoms with Crippen molar-refractivity contribution in [3.63, 3.8) is 0 Å². The first-order valence-electron chi connectivity index (χ1n) is 5.64. The zero-order valence-electron chi connectivity index (χ0n) is 9.83. The molecular formula is C13H10N4OS. The number of H-pyrrole nitrogens is 1. The van der Waals surface area contributed by atoms with Gasteiger partial charge in [-0.2, -0.15) is 10.1 Å². The summed E-state index contributed by atoms with van der Waals surface area (Å²) in [4.78, 5) is 16.7. The van der Waals surface area contributed by atoms with E-state index in [0.717, 1.165) is 11.1 Å². The van der Waals surface area contributed by atoms with Crippen molar-refractivity contribution in [2.45, 2.75) is 0 Å². The van der Waals surface area contributed by atoms with E-state index in [0.29, 0.717) is 10.8 Å². The second kappa shape index (κ2) is 5.03. The van der Waals surface area contributed by atoms with Gasteiger partial charge in [0.05, 0.1) is 0 Å². The lowest BCUT2D eigenvalue weighted by molar-refractivity contribution is 0.103. The van der Waals surface area contributed by atoms with Gasteiger partial charge in [-0.15, -0.1) is 11.3 Å². The Morgan fingerprint density at radius 2 is 2.05 bits per heavy atom. The lowest BCUT2D eigenvalue weighted by atomic mass is 10.1. The number of aromatic nitrogens is 3. The summed E-state index contributed by atoms with van der Waals surface area (Å²) in [6.45, 7) is 0. The van der Waals surface area contributed by atoms with Gasteiger partial charge >= 0.3 is 0 Å². The van der Waals surface area contributed by atoms with Crippen LogP contribution in [-0.4, -0.2) is 21.1 Å². The number of benzene rings is 1. The minimum absolute atomic E-state index is 0.189. The van der Waals surface area contributed by atoms with Crippen LogP contribution in [0.3, 0.4) is 0 Å². The molecule has 2 heterocycles. The molecule has 6 heteroatoms. The van der Waals surface area contributed by atoms with Gasteiger partial charge in [0.15, 0.2) is 0 Å². The van der Waals surface area contributed by atoms with E-state index in [1.165, 1.54) is 17.7 Å². The van der Waals surface area contributed by atoms with Crippen LogP contribution in [0.5, 0.6) is 0 Å². The Morgan fingerprint density at radius 3 is 2.79 bits per heavy atom. The lowest BCUT2D eigenvalue weighted by Gasteiger charge is -2.03. The summed E-state index contributed by atoms with van der Waals surface area (Å²) in [6.07, 6.45) is 1.35. The molecule has 94 valence electrons. The van der Waals surface area contributed by atoms with Crippen LogP contribution < -0.4 is 5.32 Å². The van der Waals surface area contributed by atoms with E-state index in [9.17, 15) is 4.79 Å². The summed E-state index contributed by atoms with van der Waals surface area (Å²) >= 11 is 1.40. The normalized spacial score (nSPS) is 10.3. The molecule has 0 unspecified atom stereocenters. The van der Waals surface area contributed by atoms with Crippen molar-refractivity contribution in [1.82, 2.24) is 15.2 Å². The van der Waals surface area contributed by atoms with Crippen molar-refractivity contribution in [2.24, 2.45) is 0 Å². The van der Waals surface area contributed by atoms with Gasteiger partial charge in [0.25, 0.3) is 5.91 Å². The van der Waals surface area contributed by atoms with Crippen LogP contribution in [0.4, 0.5) is 5.95 Å². The summed E-state index contributed by atoms with van der Waals surface area (Å²) in [5.74, 6) is 0.156. The molecule has 0 radical (unpaired) electrons. The van der Waals surface area contributed by atoms with Gasteiger partial charge in [0.2, 0.25) is 5.95 Å². The number of thiophene rings is 1. The van der Waals surface area contributed by atoms with Crippen LogP contribution in [0.25, 0.3) is 11.1 Å². The highest BCUT2D eigenvalue weighted by Gasteiger charge is 2.15. The van der Waals surface area contributed by atoms with Crippen LogP contribution in [0.15, 0.2) is 48.1 Å². The van der Waals surface area contributed by atoms with Gasteiger partial charge in [-0.3, -0.25) is 10.1 Å². The number of nitrogens with one attached hydrogen (secondary N) is 2. The van der Waals surface area contributed by atoms with Gasteiger partial charge < -0.3 is 0 Å². The van der Waals surface area contributed by atoms with Gasteiger partial charge in [-0.25, -0.2) is 5.10 Å². The maximum Gasteiger partial charge on any atom is 0.268 e. The predicted octanol–water partition coefficient (Wildman–Crippen LogP) is 2.79. The largest absolute Gasteiger partial charge is 0.290 e. The van der Waals surface area contributed by atoms with E-state index in [-0.39, 0.29) is 5.91 Å². The molecule has 0 saturated carbocycles. The molecule has 0 saturated heterocycles. The molecule has 5 nitrogen and oxygen atoms in total. The number of carbonyl (C=O) groups is 1. The lowest BCUT2D eigenvalue weighted by Crippen LogP contribution is -2.12. The fraction of sp³-hybridized carbons (Fsp3) is 0. The van der Waals surface area contributed by atoms with Crippen molar-refractivity contribution in [2.75, 3.05) is 5.32 Å². The molecule has 2 aromatic heterocycles. The quantitative estimate of drug-likeness (QED) is 0.768. The summed E-state index contributed by atoms with van der Waals surface area (Å²) in [6, 6.07) is 11.7. The first-order chi connectivity index (χ1) is 9.34. The highest BCUT2D eigenvalue weighted by Crippen LogP contribution is 2.28. The zero-order valence-corrected chi connectivity index (χ0v) is 10.6. The molecule has 0 fully saturated rings. The average molecular weight is 270 g/mol. The minimum Gasteiger partial charge on any atom is -0.290 e. The molecule has 0 aliphatic carbocycles. The molecule has 0 spiro atoms. The fourth-order valence-corrected chi connectivity index (χ4v) is 2.57. The first-order valence-corrected chi connectivity index (χ1v) is 6.52. The Morgan fingerprint density at radius 1 is 1.21 bits per heavy atom. The maximum absolute atomic E-state index is 12.2. The van der Waals surface area contributed by atoms with Crippen LogP contribution in [0, 0.1) is 0 Å². The Labute approximate surface area is 113 Å². The summed E-state index contributed by atoms with van der Waals surface area (Å²) in [5, 5.41) is 10.9. The molecule has 3 rings (SSSR count). The molecule has 0 aliphatic rings. The van der Waals surface area contributed by atoms with Gasteiger partial charge in [-0.05, 0) is 17.0 Å². The topological polar surface area (TPSA) is 70.7 Å². The van der Waals surface area contributed by atoms with Gasteiger partial charge in [0.1, 0.15) is 11.2 Å². The van der Waals surface area contributed by atoms with E-state index < -0.39 is 0 Å². The van der Waals surface area contributed by atoms with Crippen molar-refractivity contribution in [1.29, 1.82) is 0 Å². The Bertz CT molecular complexity index is 676. The minimum atomic E-state index is -0.189. The molecule has 2 N–H and O–H groups in total. The number of hydrogen-bond acceptors (Lipinski definition) is 4. The van der Waals surface area contributed by atoms with Crippen molar-refractivity contribution >= 4 is 23.2 Å². The SMILES string of the molecule is O=C(Nc1ncn[nH]1)c1sccc1-c1ccccc1.